The Morgan fingerprint density at radius 3 is 2.79 bits per heavy atom. The van der Waals surface area contributed by atoms with Crippen LogP contribution in [0, 0.1) is 0 Å². The van der Waals surface area contributed by atoms with E-state index < -0.39 is 0 Å². The number of urea groups is 1. The molecule has 0 saturated heterocycles. The third kappa shape index (κ3) is 4.16. The molecule has 0 aliphatic heterocycles. The monoisotopic (exact) mass is 393 g/mol. The molecule has 0 spiro atoms. The molecule has 1 aliphatic rings. The van der Waals surface area contributed by atoms with E-state index in [1.807, 2.05) is 35.8 Å². The van der Waals surface area contributed by atoms with Crippen molar-refractivity contribution in [3.05, 3.63) is 36.7 Å². The van der Waals surface area contributed by atoms with Crippen molar-refractivity contribution in [2.24, 2.45) is 0 Å². The van der Waals surface area contributed by atoms with Crippen molar-refractivity contribution in [2.75, 3.05) is 23.8 Å². The number of amides is 2. The predicted molar refractivity (Wildman–Crippen MR) is 114 cm³/mol. The van der Waals surface area contributed by atoms with E-state index in [2.05, 4.69) is 43.7 Å². The van der Waals surface area contributed by atoms with Crippen LogP contribution < -0.4 is 15.5 Å². The molecule has 0 radical (unpaired) electrons. The zero-order chi connectivity index (χ0) is 20.2. The number of rotatable bonds is 5. The lowest BCUT2D eigenvalue weighted by molar-refractivity contribution is 0.252. The summed E-state index contributed by atoms with van der Waals surface area (Å²) in [6.07, 6.45) is 9.77. The SMILES string of the molecule is CCNC(=O)Nc1nc2cc(-c3cccnc3)cc(N(C)C3CCCCC3)n2n1. The molecule has 1 fully saturated rings. The lowest BCUT2D eigenvalue weighted by atomic mass is 9.94. The van der Waals surface area contributed by atoms with Gasteiger partial charge in [0.2, 0.25) is 0 Å². The number of hydrogen-bond donors (Lipinski definition) is 2. The second-order valence-corrected chi connectivity index (χ2v) is 7.44. The Morgan fingerprint density at radius 2 is 2.07 bits per heavy atom. The first kappa shape index (κ1) is 19.2. The standard InChI is InChI=1S/C21H27N7O/c1-3-23-21(29)25-20-24-18-12-16(15-8-7-11-22-14-15)13-19(28(18)26-20)27(2)17-9-5-4-6-10-17/h7-8,11-14,17H,3-6,9-10H2,1-2H3,(H2,23,25,26,29). The summed E-state index contributed by atoms with van der Waals surface area (Å²) in [6.45, 7) is 2.41. The van der Waals surface area contributed by atoms with Crippen molar-refractivity contribution < 1.29 is 4.79 Å². The summed E-state index contributed by atoms with van der Waals surface area (Å²) in [5.41, 5.74) is 2.74. The molecule has 0 bridgehead atoms. The maximum absolute atomic E-state index is 11.9. The van der Waals surface area contributed by atoms with Crippen LogP contribution in [0.2, 0.25) is 0 Å². The highest BCUT2D eigenvalue weighted by atomic mass is 16.2. The van der Waals surface area contributed by atoms with E-state index >= 15 is 0 Å². The summed E-state index contributed by atoms with van der Waals surface area (Å²) in [7, 11) is 2.12. The Bertz CT molecular complexity index is 979. The lowest BCUT2D eigenvalue weighted by Crippen LogP contribution is -2.34. The molecule has 3 aromatic heterocycles. The Balaban J connectivity index is 1.77. The van der Waals surface area contributed by atoms with Crippen molar-refractivity contribution in [1.82, 2.24) is 24.9 Å². The molecular weight excluding hydrogens is 366 g/mol. The molecule has 3 heterocycles. The molecule has 1 saturated carbocycles. The maximum atomic E-state index is 11.9. The van der Waals surface area contributed by atoms with Crippen LogP contribution in [0.4, 0.5) is 16.6 Å². The molecule has 1 aliphatic carbocycles. The van der Waals surface area contributed by atoms with Gasteiger partial charge in [0.05, 0.1) is 0 Å². The van der Waals surface area contributed by atoms with Crippen molar-refractivity contribution in [2.45, 2.75) is 45.1 Å². The van der Waals surface area contributed by atoms with Gasteiger partial charge in [-0.25, -0.2) is 4.79 Å². The third-order valence-electron chi connectivity index (χ3n) is 5.46. The normalized spacial score (nSPS) is 14.7. The van der Waals surface area contributed by atoms with E-state index in [1.54, 1.807) is 6.20 Å². The van der Waals surface area contributed by atoms with Gasteiger partial charge < -0.3 is 10.2 Å². The van der Waals surface area contributed by atoms with E-state index in [0.717, 1.165) is 16.9 Å². The van der Waals surface area contributed by atoms with Crippen molar-refractivity contribution in [1.29, 1.82) is 0 Å². The van der Waals surface area contributed by atoms with E-state index in [1.165, 1.54) is 32.1 Å². The van der Waals surface area contributed by atoms with Gasteiger partial charge >= 0.3 is 6.03 Å². The minimum absolute atomic E-state index is 0.289. The quantitative estimate of drug-likeness (QED) is 0.690. The minimum Gasteiger partial charge on any atom is -0.357 e. The number of anilines is 2. The average molecular weight is 393 g/mol. The second kappa shape index (κ2) is 8.46. The molecule has 0 unspecified atom stereocenters. The summed E-state index contributed by atoms with van der Waals surface area (Å²) in [5, 5.41) is 9.98. The highest BCUT2D eigenvalue weighted by molar-refractivity contribution is 5.87. The fraction of sp³-hybridized carbons (Fsp3) is 0.429. The van der Waals surface area contributed by atoms with E-state index in [9.17, 15) is 4.79 Å². The zero-order valence-electron chi connectivity index (χ0n) is 16.9. The Kier molecular flexibility index (Phi) is 5.59. The Hall–Kier alpha value is -3.16. The fourth-order valence-electron chi connectivity index (χ4n) is 3.93. The van der Waals surface area contributed by atoms with Crippen LogP contribution in [0.3, 0.4) is 0 Å². The molecular formula is C21H27N7O. The average Bonchev–Trinajstić information content (AvgIpc) is 3.16. The maximum Gasteiger partial charge on any atom is 0.321 e. The van der Waals surface area contributed by atoms with Gasteiger partial charge in [-0.2, -0.15) is 9.50 Å². The molecule has 4 rings (SSSR count). The summed E-state index contributed by atoms with van der Waals surface area (Å²) in [5.74, 6) is 1.25. The lowest BCUT2D eigenvalue weighted by Gasteiger charge is -2.33. The van der Waals surface area contributed by atoms with Crippen molar-refractivity contribution in [3.63, 3.8) is 0 Å². The first-order valence-corrected chi connectivity index (χ1v) is 10.2. The largest absolute Gasteiger partial charge is 0.357 e. The first-order valence-electron chi connectivity index (χ1n) is 10.2. The van der Waals surface area contributed by atoms with Gasteiger partial charge in [-0.05, 0) is 43.5 Å². The Labute approximate surface area is 170 Å². The van der Waals surface area contributed by atoms with Gasteiger partial charge in [0.15, 0.2) is 5.65 Å². The Morgan fingerprint density at radius 1 is 1.24 bits per heavy atom. The number of aromatic nitrogens is 4. The zero-order valence-corrected chi connectivity index (χ0v) is 16.9. The second-order valence-electron chi connectivity index (χ2n) is 7.44. The highest BCUT2D eigenvalue weighted by Crippen LogP contribution is 2.30. The summed E-state index contributed by atoms with van der Waals surface area (Å²) >= 11 is 0. The van der Waals surface area contributed by atoms with Crippen LogP contribution in [0.25, 0.3) is 16.8 Å². The molecule has 0 aromatic carbocycles. The smallest absolute Gasteiger partial charge is 0.321 e. The summed E-state index contributed by atoms with van der Waals surface area (Å²) in [6, 6.07) is 8.23. The van der Waals surface area contributed by atoms with Crippen LogP contribution in [0.5, 0.6) is 0 Å². The molecule has 0 atom stereocenters. The van der Waals surface area contributed by atoms with Gasteiger partial charge in [0.25, 0.3) is 5.95 Å². The number of pyridine rings is 2. The minimum atomic E-state index is -0.307. The van der Waals surface area contributed by atoms with Gasteiger partial charge in [-0.1, -0.05) is 25.3 Å². The molecule has 2 amide bonds. The topological polar surface area (TPSA) is 87.4 Å². The van der Waals surface area contributed by atoms with Crippen LogP contribution in [-0.4, -0.2) is 45.2 Å². The molecule has 8 nitrogen and oxygen atoms in total. The predicted octanol–water partition coefficient (Wildman–Crippen LogP) is 3.70. The number of carbonyl (C=O) groups is 1. The van der Waals surface area contributed by atoms with Crippen LogP contribution >= 0.6 is 0 Å². The van der Waals surface area contributed by atoms with Crippen LogP contribution in [-0.2, 0) is 0 Å². The van der Waals surface area contributed by atoms with Gasteiger partial charge in [-0.3, -0.25) is 10.3 Å². The van der Waals surface area contributed by atoms with E-state index in [4.69, 9.17) is 0 Å². The number of nitrogens with zero attached hydrogens (tertiary/aromatic N) is 5. The van der Waals surface area contributed by atoms with Gasteiger partial charge in [0, 0.05) is 37.6 Å². The first-order chi connectivity index (χ1) is 14.2. The third-order valence-corrected chi connectivity index (χ3v) is 5.46. The number of carbonyl (C=O) groups excluding carboxylic acids is 1. The van der Waals surface area contributed by atoms with E-state index in [-0.39, 0.29) is 12.0 Å². The number of hydrogen-bond acceptors (Lipinski definition) is 5. The highest BCUT2D eigenvalue weighted by Gasteiger charge is 2.22. The molecule has 29 heavy (non-hydrogen) atoms. The van der Waals surface area contributed by atoms with E-state index in [0.29, 0.717) is 18.2 Å². The molecule has 3 aromatic rings. The fourth-order valence-corrected chi connectivity index (χ4v) is 3.93. The van der Waals surface area contributed by atoms with Gasteiger partial charge in [-0.15, -0.1) is 5.10 Å². The summed E-state index contributed by atoms with van der Waals surface area (Å²) < 4.78 is 1.82. The van der Waals surface area contributed by atoms with Crippen molar-refractivity contribution in [3.8, 4) is 11.1 Å². The van der Waals surface area contributed by atoms with Crippen molar-refractivity contribution >= 4 is 23.4 Å². The van der Waals surface area contributed by atoms with Crippen LogP contribution in [0.15, 0.2) is 36.7 Å². The summed E-state index contributed by atoms with van der Waals surface area (Å²) in [4.78, 5) is 23.0. The number of nitrogens with one attached hydrogen (secondary N) is 2. The van der Waals surface area contributed by atoms with Gasteiger partial charge in [0.1, 0.15) is 5.82 Å². The molecule has 8 heteroatoms. The van der Waals surface area contributed by atoms with Crippen LogP contribution in [0.1, 0.15) is 39.0 Å². The molecule has 152 valence electrons. The number of fused-ring (bicyclic) bond motifs is 1. The molecule has 2 N–H and O–H groups in total.